The third kappa shape index (κ3) is 4.36. The maximum Gasteiger partial charge on any atom is 0.346 e. The number of hydrogen-bond acceptors (Lipinski definition) is 4. The minimum Gasteiger partial charge on any atom is -0.391 e. The van der Waals surface area contributed by atoms with Gasteiger partial charge in [0.25, 0.3) is 0 Å². The number of ether oxygens (including phenoxy) is 1. The van der Waals surface area contributed by atoms with Gasteiger partial charge in [-0.15, -0.1) is 0 Å². The van der Waals surface area contributed by atoms with Crippen molar-refractivity contribution >= 4 is 23.5 Å². The summed E-state index contributed by atoms with van der Waals surface area (Å²) in [5.41, 5.74) is 1.29. The maximum absolute atomic E-state index is 13.2. The minimum absolute atomic E-state index is 0.196. The van der Waals surface area contributed by atoms with E-state index in [0.717, 1.165) is 29.5 Å². The van der Waals surface area contributed by atoms with Crippen LogP contribution in [0.5, 0.6) is 0 Å². The molecule has 3 rings (SSSR count). The Balaban J connectivity index is 1.79. The molecule has 1 saturated carbocycles. The summed E-state index contributed by atoms with van der Waals surface area (Å²) in [6.45, 7) is 3.72. The molecular weight excluding hydrogens is 395 g/mol. The molecule has 6 heteroatoms. The highest BCUT2D eigenvalue weighted by Crippen LogP contribution is 2.39. The number of rotatable bonds is 5. The van der Waals surface area contributed by atoms with Gasteiger partial charge in [0.05, 0.1) is 6.42 Å². The smallest absolute Gasteiger partial charge is 0.346 e. The Morgan fingerprint density at radius 2 is 1.93 bits per heavy atom. The van der Waals surface area contributed by atoms with E-state index in [1.807, 2.05) is 13.8 Å². The monoisotopic (exact) mass is 418 g/mol. The highest BCUT2D eigenvalue weighted by molar-refractivity contribution is 6.31. The summed E-state index contributed by atoms with van der Waals surface area (Å²) in [5.74, 6) is -2.17. The molecule has 2 atom stereocenters. The molecule has 1 aliphatic carbocycles. The van der Waals surface area contributed by atoms with Crippen molar-refractivity contribution in [3.8, 4) is 11.1 Å². The molecule has 0 aliphatic heterocycles. The molecule has 0 amide bonds. The average Bonchev–Trinajstić information content (AvgIpc) is 3.08. The Labute approximate surface area is 174 Å². The van der Waals surface area contributed by atoms with E-state index in [1.165, 1.54) is 12.1 Å². The van der Waals surface area contributed by atoms with Crippen LogP contribution in [0.2, 0.25) is 5.02 Å². The van der Waals surface area contributed by atoms with Gasteiger partial charge in [0, 0.05) is 5.02 Å². The van der Waals surface area contributed by atoms with E-state index in [-0.39, 0.29) is 18.2 Å². The first-order valence-electron chi connectivity index (χ1n) is 9.77. The van der Waals surface area contributed by atoms with E-state index in [9.17, 15) is 19.1 Å². The standard InChI is InChI=1S/C23H24ClFO4/c1-3-16-5-4-12-23(16,28)22(27)29-21(26)13-19-14(2)18(10-11-20(19)24)15-6-8-17(25)9-7-15/h6-11,16,28H,3-5,12-13H2,1-2H3. The van der Waals surface area contributed by atoms with Gasteiger partial charge < -0.3 is 9.84 Å². The van der Waals surface area contributed by atoms with E-state index >= 15 is 0 Å². The molecule has 0 aromatic heterocycles. The second-order valence-corrected chi connectivity index (χ2v) is 7.97. The van der Waals surface area contributed by atoms with Gasteiger partial charge in [-0.25, -0.2) is 9.18 Å². The van der Waals surface area contributed by atoms with Crippen molar-refractivity contribution in [1.82, 2.24) is 0 Å². The summed E-state index contributed by atoms with van der Waals surface area (Å²) >= 11 is 6.29. The second-order valence-electron chi connectivity index (χ2n) is 7.57. The molecule has 2 unspecified atom stereocenters. The molecule has 0 spiro atoms. The van der Waals surface area contributed by atoms with Gasteiger partial charge in [-0.05, 0) is 79.0 Å². The van der Waals surface area contributed by atoms with Crippen molar-refractivity contribution < 1.29 is 23.8 Å². The van der Waals surface area contributed by atoms with Crippen LogP contribution in [0.15, 0.2) is 36.4 Å². The second kappa shape index (κ2) is 8.64. The summed E-state index contributed by atoms with van der Waals surface area (Å²) < 4.78 is 18.2. The zero-order valence-corrected chi connectivity index (χ0v) is 17.3. The van der Waals surface area contributed by atoms with Crippen LogP contribution in [0.25, 0.3) is 11.1 Å². The van der Waals surface area contributed by atoms with Gasteiger partial charge in [-0.2, -0.15) is 0 Å². The van der Waals surface area contributed by atoms with Crippen molar-refractivity contribution in [2.45, 2.75) is 51.6 Å². The minimum atomic E-state index is -1.60. The molecule has 4 nitrogen and oxygen atoms in total. The molecule has 2 aromatic rings. The first-order valence-corrected chi connectivity index (χ1v) is 10.2. The molecule has 1 aliphatic rings. The van der Waals surface area contributed by atoms with Crippen LogP contribution in [-0.4, -0.2) is 22.6 Å². The van der Waals surface area contributed by atoms with Gasteiger partial charge in [0.15, 0.2) is 5.60 Å². The largest absolute Gasteiger partial charge is 0.391 e. The number of aliphatic hydroxyl groups is 1. The Morgan fingerprint density at radius 1 is 1.24 bits per heavy atom. The fourth-order valence-corrected chi connectivity index (χ4v) is 4.40. The Kier molecular flexibility index (Phi) is 6.39. The molecule has 0 saturated heterocycles. The molecule has 1 N–H and O–H groups in total. The van der Waals surface area contributed by atoms with Crippen LogP contribution in [0.4, 0.5) is 4.39 Å². The third-order valence-electron chi connectivity index (χ3n) is 5.86. The van der Waals surface area contributed by atoms with Crippen molar-refractivity contribution in [3.63, 3.8) is 0 Å². The molecular formula is C23H24ClFO4. The van der Waals surface area contributed by atoms with Crippen molar-refractivity contribution in [1.29, 1.82) is 0 Å². The lowest BCUT2D eigenvalue weighted by Gasteiger charge is -2.26. The van der Waals surface area contributed by atoms with Gasteiger partial charge >= 0.3 is 11.9 Å². The van der Waals surface area contributed by atoms with Crippen LogP contribution in [-0.2, 0) is 20.7 Å². The highest BCUT2D eigenvalue weighted by atomic mass is 35.5. The van der Waals surface area contributed by atoms with Crippen LogP contribution in [0.3, 0.4) is 0 Å². The lowest BCUT2D eigenvalue weighted by atomic mass is 9.89. The summed E-state index contributed by atoms with van der Waals surface area (Å²) in [7, 11) is 0. The number of carbonyl (C=O) groups excluding carboxylic acids is 2. The van der Waals surface area contributed by atoms with Crippen molar-refractivity contribution in [3.05, 3.63) is 58.4 Å². The zero-order valence-electron chi connectivity index (χ0n) is 16.5. The highest BCUT2D eigenvalue weighted by Gasteiger charge is 2.48. The zero-order chi connectivity index (χ0) is 21.2. The summed E-state index contributed by atoms with van der Waals surface area (Å²) in [4.78, 5) is 24.9. The lowest BCUT2D eigenvalue weighted by molar-refractivity contribution is -0.177. The fourth-order valence-electron chi connectivity index (χ4n) is 4.13. The van der Waals surface area contributed by atoms with Crippen LogP contribution in [0, 0.1) is 18.7 Å². The Morgan fingerprint density at radius 3 is 2.59 bits per heavy atom. The summed E-state index contributed by atoms with van der Waals surface area (Å²) in [5, 5.41) is 11.1. The van der Waals surface area contributed by atoms with Crippen LogP contribution in [0.1, 0.15) is 43.7 Å². The molecule has 2 aromatic carbocycles. The van der Waals surface area contributed by atoms with E-state index in [0.29, 0.717) is 23.4 Å². The normalized spacial score (nSPS) is 21.2. The first-order chi connectivity index (χ1) is 13.8. The van der Waals surface area contributed by atoms with Gasteiger partial charge in [-0.1, -0.05) is 36.7 Å². The van der Waals surface area contributed by atoms with Crippen LogP contribution < -0.4 is 0 Å². The topological polar surface area (TPSA) is 63.6 Å². The van der Waals surface area contributed by atoms with Gasteiger partial charge in [0.2, 0.25) is 0 Å². The van der Waals surface area contributed by atoms with E-state index in [4.69, 9.17) is 16.3 Å². The van der Waals surface area contributed by atoms with E-state index in [1.54, 1.807) is 24.3 Å². The maximum atomic E-state index is 13.2. The van der Waals surface area contributed by atoms with Crippen molar-refractivity contribution in [2.75, 3.05) is 0 Å². The van der Waals surface area contributed by atoms with Gasteiger partial charge in [-0.3, -0.25) is 4.79 Å². The number of esters is 2. The quantitative estimate of drug-likeness (QED) is 0.547. The number of hydrogen-bond donors (Lipinski definition) is 1. The SMILES string of the molecule is CCC1CCCC1(O)C(=O)OC(=O)Cc1c(Cl)ccc(-c2ccc(F)cc2)c1C. The predicted octanol–water partition coefficient (Wildman–Crippen LogP) is 5.01. The lowest BCUT2D eigenvalue weighted by Crippen LogP contribution is -2.44. The summed E-state index contributed by atoms with van der Waals surface area (Å²) in [6, 6.07) is 9.49. The predicted molar refractivity (Wildman–Crippen MR) is 109 cm³/mol. The number of carbonyl (C=O) groups is 2. The Hall–Kier alpha value is -2.24. The third-order valence-corrected chi connectivity index (χ3v) is 6.21. The summed E-state index contributed by atoms with van der Waals surface area (Å²) in [6.07, 6.45) is 2.21. The van der Waals surface area contributed by atoms with Crippen LogP contribution >= 0.6 is 11.6 Å². The first kappa shape index (κ1) is 21.5. The fraction of sp³-hybridized carbons (Fsp3) is 0.391. The molecule has 154 valence electrons. The molecule has 29 heavy (non-hydrogen) atoms. The molecule has 0 radical (unpaired) electrons. The molecule has 0 bridgehead atoms. The van der Waals surface area contributed by atoms with E-state index < -0.39 is 17.5 Å². The molecule has 0 heterocycles. The Bertz CT molecular complexity index is 925. The average molecular weight is 419 g/mol. The number of halogens is 2. The molecule has 1 fully saturated rings. The van der Waals surface area contributed by atoms with Crippen molar-refractivity contribution in [2.24, 2.45) is 5.92 Å². The number of benzene rings is 2. The van der Waals surface area contributed by atoms with Gasteiger partial charge in [0.1, 0.15) is 5.82 Å². The van der Waals surface area contributed by atoms with E-state index in [2.05, 4.69) is 0 Å².